The Morgan fingerprint density at radius 2 is 2.17 bits per heavy atom. The number of nitrogens with one attached hydrogen (secondary N) is 1. The molecule has 1 atom stereocenters. The fraction of sp³-hybridized carbons (Fsp3) is 0.600. The number of morpholine rings is 1. The zero-order valence-electron chi connectivity index (χ0n) is 10.9. The molecule has 0 bridgehead atoms. The van der Waals surface area contributed by atoms with Gasteiger partial charge in [0.25, 0.3) is 0 Å². The minimum Gasteiger partial charge on any atom is -0.371 e. The minimum atomic E-state index is 0.234. The first-order chi connectivity index (χ1) is 8.92. The van der Waals surface area contributed by atoms with Crippen molar-refractivity contribution in [3.8, 4) is 0 Å². The van der Waals surface area contributed by atoms with E-state index in [1.54, 1.807) is 0 Å². The summed E-state index contributed by atoms with van der Waals surface area (Å²) in [5.41, 5.74) is 2.74. The molecule has 3 nitrogen and oxygen atoms in total. The SMILES string of the molecule is c1cc(CN2CCCC2)cc(C2CNCCO2)c1. The van der Waals surface area contributed by atoms with Gasteiger partial charge in [-0.05, 0) is 37.1 Å². The molecule has 98 valence electrons. The highest BCUT2D eigenvalue weighted by Gasteiger charge is 2.17. The van der Waals surface area contributed by atoms with Gasteiger partial charge in [0.1, 0.15) is 0 Å². The van der Waals surface area contributed by atoms with Gasteiger partial charge in [0.15, 0.2) is 0 Å². The maximum absolute atomic E-state index is 5.81. The highest BCUT2D eigenvalue weighted by molar-refractivity contribution is 5.26. The summed E-state index contributed by atoms with van der Waals surface area (Å²) in [6.45, 7) is 6.34. The summed E-state index contributed by atoms with van der Waals surface area (Å²) in [6.07, 6.45) is 2.95. The van der Waals surface area contributed by atoms with Gasteiger partial charge in [-0.1, -0.05) is 24.3 Å². The van der Waals surface area contributed by atoms with Crippen LogP contribution < -0.4 is 5.32 Å². The van der Waals surface area contributed by atoms with Crippen molar-refractivity contribution in [2.45, 2.75) is 25.5 Å². The van der Waals surface area contributed by atoms with Crippen LogP contribution in [0.25, 0.3) is 0 Å². The third-order valence-corrected chi connectivity index (χ3v) is 3.86. The Morgan fingerprint density at radius 3 is 2.94 bits per heavy atom. The summed E-state index contributed by atoms with van der Waals surface area (Å²) in [6, 6.07) is 8.90. The van der Waals surface area contributed by atoms with E-state index in [2.05, 4.69) is 34.5 Å². The molecule has 0 aliphatic carbocycles. The molecule has 1 N–H and O–H groups in total. The molecule has 3 heteroatoms. The van der Waals surface area contributed by atoms with Crippen LogP contribution in [-0.2, 0) is 11.3 Å². The second kappa shape index (κ2) is 5.83. The molecule has 0 aromatic heterocycles. The van der Waals surface area contributed by atoms with E-state index >= 15 is 0 Å². The minimum absolute atomic E-state index is 0.234. The monoisotopic (exact) mass is 246 g/mol. The fourth-order valence-corrected chi connectivity index (χ4v) is 2.87. The van der Waals surface area contributed by atoms with Gasteiger partial charge in [0.05, 0.1) is 12.7 Å². The van der Waals surface area contributed by atoms with E-state index in [9.17, 15) is 0 Å². The summed E-state index contributed by atoms with van der Waals surface area (Å²) in [5.74, 6) is 0. The van der Waals surface area contributed by atoms with Crippen LogP contribution in [0.3, 0.4) is 0 Å². The maximum Gasteiger partial charge on any atom is 0.0949 e. The first kappa shape index (κ1) is 12.2. The van der Waals surface area contributed by atoms with Gasteiger partial charge >= 0.3 is 0 Å². The highest BCUT2D eigenvalue weighted by atomic mass is 16.5. The number of hydrogen-bond donors (Lipinski definition) is 1. The molecule has 1 aromatic carbocycles. The first-order valence-electron chi connectivity index (χ1n) is 7.05. The highest BCUT2D eigenvalue weighted by Crippen LogP contribution is 2.21. The van der Waals surface area contributed by atoms with E-state index in [0.717, 1.165) is 26.2 Å². The average Bonchev–Trinajstić information content (AvgIpc) is 2.93. The molecule has 0 amide bonds. The summed E-state index contributed by atoms with van der Waals surface area (Å²) >= 11 is 0. The van der Waals surface area contributed by atoms with Crippen molar-refractivity contribution >= 4 is 0 Å². The van der Waals surface area contributed by atoms with Crippen molar-refractivity contribution in [2.75, 3.05) is 32.8 Å². The molecule has 18 heavy (non-hydrogen) atoms. The number of likely N-dealkylation sites (tertiary alicyclic amines) is 1. The van der Waals surface area contributed by atoms with Crippen LogP contribution in [0, 0.1) is 0 Å². The van der Waals surface area contributed by atoms with Gasteiger partial charge in [0, 0.05) is 19.6 Å². The van der Waals surface area contributed by atoms with Crippen molar-refractivity contribution in [3.05, 3.63) is 35.4 Å². The molecule has 1 aromatic rings. The van der Waals surface area contributed by atoms with Crippen molar-refractivity contribution in [2.24, 2.45) is 0 Å². The van der Waals surface area contributed by atoms with E-state index in [1.807, 2.05) is 0 Å². The van der Waals surface area contributed by atoms with Crippen molar-refractivity contribution in [1.29, 1.82) is 0 Å². The van der Waals surface area contributed by atoms with E-state index in [1.165, 1.54) is 37.1 Å². The zero-order valence-corrected chi connectivity index (χ0v) is 10.9. The van der Waals surface area contributed by atoms with Crippen molar-refractivity contribution < 1.29 is 4.74 Å². The molecular formula is C15H22N2O. The Labute approximate surface area is 109 Å². The van der Waals surface area contributed by atoms with E-state index in [0.29, 0.717) is 0 Å². The third-order valence-electron chi connectivity index (χ3n) is 3.86. The number of ether oxygens (including phenoxy) is 1. The van der Waals surface area contributed by atoms with Crippen molar-refractivity contribution in [3.63, 3.8) is 0 Å². The van der Waals surface area contributed by atoms with E-state index in [-0.39, 0.29) is 6.10 Å². The van der Waals surface area contributed by atoms with Crippen LogP contribution in [-0.4, -0.2) is 37.7 Å². The molecular weight excluding hydrogens is 224 g/mol. The summed E-state index contributed by atoms with van der Waals surface area (Å²) in [7, 11) is 0. The fourth-order valence-electron chi connectivity index (χ4n) is 2.87. The van der Waals surface area contributed by atoms with E-state index in [4.69, 9.17) is 4.74 Å². The largest absolute Gasteiger partial charge is 0.371 e. The van der Waals surface area contributed by atoms with Crippen LogP contribution in [0.5, 0.6) is 0 Å². The van der Waals surface area contributed by atoms with Gasteiger partial charge in [-0.2, -0.15) is 0 Å². The molecule has 2 saturated heterocycles. The molecule has 2 aliphatic rings. The van der Waals surface area contributed by atoms with Crippen LogP contribution in [0.2, 0.25) is 0 Å². The number of benzene rings is 1. The third kappa shape index (κ3) is 2.91. The van der Waals surface area contributed by atoms with Gasteiger partial charge < -0.3 is 10.1 Å². The molecule has 0 radical (unpaired) electrons. The second-order valence-corrected chi connectivity index (χ2v) is 5.29. The van der Waals surface area contributed by atoms with Crippen LogP contribution >= 0.6 is 0 Å². The molecule has 1 unspecified atom stereocenters. The Morgan fingerprint density at radius 1 is 1.28 bits per heavy atom. The molecule has 0 spiro atoms. The Hall–Kier alpha value is -0.900. The van der Waals surface area contributed by atoms with E-state index < -0.39 is 0 Å². The molecule has 2 heterocycles. The number of hydrogen-bond acceptors (Lipinski definition) is 3. The van der Waals surface area contributed by atoms with Gasteiger partial charge in [-0.15, -0.1) is 0 Å². The quantitative estimate of drug-likeness (QED) is 0.882. The van der Waals surface area contributed by atoms with Gasteiger partial charge in [-0.25, -0.2) is 0 Å². The summed E-state index contributed by atoms with van der Waals surface area (Å²) in [4.78, 5) is 2.54. The predicted octanol–water partition coefficient (Wildman–Crippen LogP) is 1.94. The topological polar surface area (TPSA) is 24.5 Å². The lowest BCUT2D eigenvalue weighted by Crippen LogP contribution is -2.33. The second-order valence-electron chi connectivity index (χ2n) is 5.29. The Balaban J connectivity index is 1.67. The number of nitrogens with zero attached hydrogens (tertiary/aromatic N) is 1. The first-order valence-corrected chi connectivity index (χ1v) is 7.05. The van der Waals surface area contributed by atoms with Crippen molar-refractivity contribution in [1.82, 2.24) is 10.2 Å². The van der Waals surface area contributed by atoms with Crippen LogP contribution in [0.15, 0.2) is 24.3 Å². The lowest BCUT2D eigenvalue weighted by atomic mass is 10.0. The standard InChI is InChI=1S/C15H22N2O/c1-2-8-17(7-1)12-13-4-3-5-14(10-13)15-11-16-6-9-18-15/h3-5,10,15-16H,1-2,6-9,11-12H2. The Bertz CT molecular complexity index is 382. The lowest BCUT2D eigenvalue weighted by molar-refractivity contribution is 0.0276. The summed E-state index contributed by atoms with van der Waals surface area (Å²) in [5, 5.41) is 3.39. The lowest BCUT2D eigenvalue weighted by Gasteiger charge is -2.24. The van der Waals surface area contributed by atoms with Gasteiger partial charge in [-0.3, -0.25) is 4.90 Å². The van der Waals surface area contributed by atoms with Crippen LogP contribution in [0.1, 0.15) is 30.1 Å². The molecule has 2 aliphatic heterocycles. The normalized spacial score (nSPS) is 25.4. The molecule has 3 rings (SSSR count). The van der Waals surface area contributed by atoms with Crippen LogP contribution in [0.4, 0.5) is 0 Å². The number of rotatable bonds is 3. The Kier molecular flexibility index (Phi) is 3.93. The van der Waals surface area contributed by atoms with Gasteiger partial charge in [0.2, 0.25) is 0 Å². The average molecular weight is 246 g/mol. The predicted molar refractivity (Wildman–Crippen MR) is 72.5 cm³/mol. The smallest absolute Gasteiger partial charge is 0.0949 e. The molecule has 2 fully saturated rings. The molecule has 0 saturated carbocycles. The summed E-state index contributed by atoms with van der Waals surface area (Å²) < 4.78 is 5.81. The maximum atomic E-state index is 5.81. The zero-order chi connectivity index (χ0) is 12.2.